The molecule has 0 aliphatic carbocycles. The summed E-state index contributed by atoms with van der Waals surface area (Å²) in [4.78, 5) is 16.5. The molecule has 0 radical (unpaired) electrons. The molecule has 3 nitrogen and oxygen atoms in total. The number of carbonyl (C=O) groups excluding carboxylic acids is 1. The first-order chi connectivity index (χ1) is 12.8. The summed E-state index contributed by atoms with van der Waals surface area (Å²) in [7, 11) is 0. The molecule has 2 aliphatic rings. The molecule has 0 aromatic heterocycles. The van der Waals surface area contributed by atoms with Crippen LogP contribution in [0.2, 0.25) is 0 Å². The highest BCUT2D eigenvalue weighted by molar-refractivity contribution is 7.99. The van der Waals surface area contributed by atoms with E-state index in [1.54, 1.807) is 0 Å². The van der Waals surface area contributed by atoms with Crippen molar-refractivity contribution >= 4 is 17.7 Å². The molecule has 2 aromatic rings. The fraction of sp³-hybridized carbons (Fsp3) is 0.409. The van der Waals surface area contributed by atoms with Gasteiger partial charge in [-0.15, -0.1) is 11.8 Å². The van der Waals surface area contributed by atoms with Crippen LogP contribution in [0.3, 0.4) is 0 Å². The molecular formula is C22H26N2OS. The van der Waals surface area contributed by atoms with Gasteiger partial charge in [-0.1, -0.05) is 36.8 Å². The molecule has 1 N–H and O–H groups in total. The van der Waals surface area contributed by atoms with E-state index < -0.39 is 0 Å². The lowest BCUT2D eigenvalue weighted by Crippen LogP contribution is -2.31. The van der Waals surface area contributed by atoms with Crippen molar-refractivity contribution in [1.29, 1.82) is 0 Å². The van der Waals surface area contributed by atoms with Gasteiger partial charge in [-0.3, -0.25) is 9.69 Å². The Morgan fingerprint density at radius 3 is 2.62 bits per heavy atom. The fourth-order valence-electron chi connectivity index (χ4n) is 3.87. The van der Waals surface area contributed by atoms with Gasteiger partial charge in [-0.25, -0.2) is 0 Å². The topological polar surface area (TPSA) is 32.3 Å². The molecule has 1 atom stereocenters. The Labute approximate surface area is 160 Å². The quantitative estimate of drug-likeness (QED) is 0.855. The summed E-state index contributed by atoms with van der Waals surface area (Å²) in [5.41, 5.74) is 3.30. The number of rotatable bonds is 4. The number of fused-ring (bicyclic) bond motifs is 1. The van der Waals surface area contributed by atoms with E-state index in [9.17, 15) is 4.79 Å². The van der Waals surface area contributed by atoms with E-state index in [4.69, 9.17) is 0 Å². The molecule has 136 valence electrons. The van der Waals surface area contributed by atoms with Crippen molar-refractivity contribution in [2.24, 2.45) is 0 Å². The maximum atomic E-state index is 12.7. The summed E-state index contributed by atoms with van der Waals surface area (Å²) in [6.07, 6.45) is 4.96. The first-order valence-corrected chi connectivity index (χ1v) is 10.6. The second-order valence-electron chi connectivity index (χ2n) is 7.23. The van der Waals surface area contributed by atoms with Crippen LogP contribution in [-0.2, 0) is 6.54 Å². The monoisotopic (exact) mass is 366 g/mol. The molecule has 1 unspecified atom stereocenters. The highest BCUT2D eigenvalue weighted by Crippen LogP contribution is 2.35. The van der Waals surface area contributed by atoms with Gasteiger partial charge in [0.25, 0.3) is 5.91 Å². The number of hydrogen-bond acceptors (Lipinski definition) is 3. The van der Waals surface area contributed by atoms with Crippen LogP contribution in [0.25, 0.3) is 0 Å². The summed E-state index contributed by atoms with van der Waals surface area (Å²) in [6, 6.07) is 16.7. The fourth-order valence-corrected chi connectivity index (χ4v) is 5.00. The van der Waals surface area contributed by atoms with E-state index in [0.717, 1.165) is 24.3 Å². The van der Waals surface area contributed by atoms with Crippen LogP contribution in [0.15, 0.2) is 53.4 Å². The summed E-state index contributed by atoms with van der Waals surface area (Å²) in [5.74, 6) is 1.08. The number of nitrogens with one attached hydrogen (secondary N) is 1. The molecule has 0 saturated carbocycles. The number of thioether (sulfide) groups is 1. The lowest BCUT2D eigenvalue weighted by Gasteiger charge is -2.26. The first kappa shape index (κ1) is 17.6. The van der Waals surface area contributed by atoms with Crippen LogP contribution in [0.4, 0.5) is 0 Å². The Balaban J connectivity index is 1.39. The molecule has 2 aromatic carbocycles. The van der Waals surface area contributed by atoms with Crippen molar-refractivity contribution in [3.63, 3.8) is 0 Å². The molecule has 2 aliphatic heterocycles. The number of benzene rings is 2. The van der Waals surface area contributed by atoms with Gasteiger partial charge in [0.15, 0.2) is 0 Å². The van der Waals surface area contributed by atoms with E-state index in [-0.39, 0.29) is 11.9 Å². The molecule has 1 amide bonds. The van der Waals surface area contributed by atoms with Crippen LogP contribution in [0.1, 0.15) is 53.2 Å². The predicted molar refractivity (Wildman–Crippen MR) is 108 cm³/mol. The third-order valence-electron chi connectivity index (χ3n) is 5.33. The van der Waals surface area contributed by atoms with Gasteiger partial charge in [0.1, 0.15) is 0 Å². The average molecular weight is 367 g/mol. The van der Waals surface area contributed by atoms with Crippen molar-refractivity contribution in [3.05, 3.63) is 65.2 Å². The SMILES string of the molecule is O=C(NC1CCSc2ccccc21)c1ccc(CN2CCCCC2)cc1. The maximum absolute atomic E-state index is 12.7. The Morgan fingerprint density at radius 1 is 1.04 bits per heavy atom. The van der Waals surface area contributed by atoms with Crippen molar-refractivity contribution in [2.45, 2.75) is 43.2 Å². The van der Waals surface area contributed by atoms with Gasteiger partial charge < -0.3 is 5.32 Å². The van der Waals surface area contributed by atoms with E-state index >= 15 is 0 Å². The average Bonchev–Trinajstić information content (AvgIpc) is 2.70. The minimum absolute atomic E-state index is 0.0289. The van der Waals surface area contributed by atoms with E-state index in [2.05, 4.69) is 46.6 Å². The molecule has 26 heavy (non-hydrogen) atoms. The predicted octanol–water partition coefficient (Wildman–Crippen LogP) is 4.64. The van der Waals surface area contributed by atoms with Crippen molar-refractivity contribution in [1.82, 2.24) is 10.2 Å². The second kappa shape index (κ2) is 8.28. The smallest absolute Gasteiger partial charge is 0.251 e. The van der Waals surface area contributed by atoms with Crippen LogP contribution in [-0.4, -0.2) is 29.6 Å². The highest BCUT2D eigenvalue weighted by atomic mass is 32.2. The van der Waals surface area contributed by atoms with Gasteiger partial charge in [0.05, 0.1) is 6.04 Å². The van der Waals surface area contributed by atoms with E-state index in [1.807, 2.05) is 23.9 Å². The summed E-state index contributed by atoms with van der Waals surface area (Å²) < 4.78 is 0. The molecule has 4 rings (SSSR count). The summed E-state index contributed by atoms with van der Waals surface area (Å²) in [5, 5.41) is 3.23. The molecule has 0 spiro atoms. The zero-order chi connectivity index (χ0) is 17.8. The molecule has 2 heterocycles. The number of likely N-dealkylation sites (tertiary alicyclic amines) is 1. The van der Waals surface area contributed by atoms with E-state index in [0.29, 0.717) is 0 Å². The number of carbonyl (C=O) groups is 1. The highest BCUT2D eigenvalue weighted by Gasteiger charge is 2.22. The minimum Gasteiger partial charge on any atom is -0.345 e. The first-order valence-electron chi connectivity index (χ1n) is 9.63. The maximum Gasteiger partial charge on any atom is 0.251 e. The zero-order valence-corrected chi connectivity index (χ0v) is 15.9. The standard InChI is InChI=1S/C22H26N2OS/c25-22(23-20-12-15-26-21-7-3-2-6-19(20)21)18-10-8-17(9-11-18)16-24-13-4-1-5-14-24/h2-3,6-11,20H,1,4-5,12-16H2,(H,23,25). The second-order valence-corrected chi connectivity index (χ2v) is 8.37. The Morgan fingerprint density at radius 2 is 1.81 bits per heavy atom. The number of nitrogens with zero attached hydrogens (tertiary/aromatic N) is 1. The van der Waals surface area contributed by atoms with Crippen LogP contribution in [0, 0.1) is 0 Å². The molecule has 4 heteroatoms. The summed E-state index contributed by atoms with van der Waals surface area (Å²) >= 11 is 1.88. The minimum atomic E-state index is 0.0289. The summed E-state index contributed by atoms with van der Waals surface area (Å²) in [6.45, 7) is 3.39. The van der Waals surface area contributed by atoms with Gasteiger partial charge in [-0.2, -0.15) is 0 Å². The van der Waals surface area contributed by atoms with E-state index in [1.165, 1.54) is 48.4 Å². The van der Waals surface area contributed by atoms with Crippen LogP contribution in [0.5, 0.6) is 0 Å². The number of piperidine rings is 1. The van der Waals surface area contributed by atoms with Crippen molar-refractivity contribution in [2.75, 3.05) is 18.8 Å². The van der Waals surface area contributed by atoms with Crippen LogP contribution >= 0.6 is 11.8 Å². The molecule has 1 fully saturated rings. The third kappa shape index (κ3) is 4.13. The molecule has 0 bridgehead atoms. The molecule has 1 saturated heterocycles. The van der Waals surface area contributed by atoms with Gasteiger partial charge in [-0.05, 0) is 61.7 Å². The lowest BCUT2D eigenvalue weighted by molar-refractivity contribution is 0.0935. The third-order valence-corrected chi connectivity index (χ3v) is 6.46. The van der Waals surface area contributed by atoms with Gasteiger partial charge >= 0.3 is 0 Å². The Hall–Kier alpha value is -1.78. The Bertz CT molecular complexity index is 753. The van der Waals surface area contributed by atoms with Crippen LogP contribution < -0.4 is 5.32 Å². The van der Waals surface area contributed by atoms with Gasteiger partial charge in [0.2, 0.25) is 0 Å². The number of hydrogen-bond donors (Lipinski definition) is 1. The van der Waals surface area contributed by atoms with Crippen molar-refractivity contribution in [3.8, 4) is 0 Å². The van der Waals surface area contributed by atoms with Gasteiger partial charge in [0, 0.05) is 22.8 Å². The number of amides is 1. The zero-order valence-electron chi connectivity index (χ0n) is 15.1. The normalized spacial score (nSPS) is 20.4. The lowest BCUT2D eigenvalue weighted by atomic mass is 10.0. The Kier molecular flexibility index (Phi) is 5.61. The van der Waals surface area contributed by atoms with Crippen molar-refractivity contribution < 1.29 is 4.79 Å². The largest absolute Gasteiger partial charge is 0.345 e. The molecular weight excluding hydrogens is 340 g/mol.